The van der Waals surface area contributed by atoms with Gasteiger partial charge in [-0.2, -0.15) is 25.3 Å². The van der Waals surface area contributed by atoms with Crippen LogP contribution in [0.25, 0.3) is 0 Å². The van der Waals surface area contributed by atoms with Gasteiger partial charge in [0.1, 0.15) is 12.1 Å². The fraction of sp³-hybridized carbons (Fsp3) is 0.643. The molecule has 28 heavy (non-hydrogen) atoms. The van der Waals surface area contributed by atoms with Gasteiger partial charge in [0.25, 0.3) is 0 Å². The second-order valence-corrected chi connectivity index (χ2v) is 6.39. The van der Waals surface area contributed by atoms with Crippen LogP contribution in [0.3, 0.4) is 0 Å². The van der Waals surface area contributed by atoms with E-state index in [1.165, 1.54) is 0 Å². The Morgan fingerprint density at radius 3 is 2.11 bits per heavy atom. The minimum atomic E-state index is -1.25. The number of hydrogen-bond acceptors (Lipinski definition) is 8. The molecule has 12 nitrogen and oxygen atoms in total. The summed E-state index contributed by atoms with van der Waals surface area (Å²) in [5, 5.41) is 15.8. The molecule has 0 aromatic heterocycles. The summed E-state index contributed by atoms with van der Waals surface area (Å²) >= 11 is 7.81. The molecule has 0 aliphatic heterocycles. The Balaban J connectivity index is 4.43. The van der Waals surface area contributed by atoms with Gasteiger partial charge in [-0.15, -0.1) is 0 Å². The van der Waals surface area contributed by atoms with Crippen LogP contribution in [0, 0.1) is 0 Å². The van der Waals surface area contributed by atoms with E-state index in [9.17, 15) is 19.2 Å². The standard InChI is InChI=1S/C14H27N7O5S2/c15-7(2-1-3-18-14(16)17)11(23)21-8(5-27)12(24)19-4-10(22)20-9(6-28)13(25)26/h7-9,27-28H,1-6,15H2,(H,19,24)(H,20,22)(H,21,23)(H,25,26)(H4,16,17,18). The van der Waals surface area contributed by atoms with Crippen molar-refractivity contribution < 1.29 is 24.3 Å². The zero-order valence-corrected chi connectivity index (χ0v) is 16.9. The molecule has 0 bridgehead atoms. The van der Waals surface area contributed by atoms with Gasteiger partial charge in [0.05, 0.1) is 12.6 Å². The van der Waals surface area contributed by atoms with E-state index in [1.807, 2.05) is 0 Å². The molecule has 0 aromatic rings. The van der Waals surface area contributed by atoms with Gasteiger partial charge < -0.3 is 38.3 Å². The molecule has 0 spiro atoms. The van der Waals surface area contributed by atoms with Crippen LogP contribution in [0.1, 0.15) is 12.8 Å². The lowest BCUT2D eigenvalue weighted by molar-refractivity contribution is -0.141. The summed E-state index contributed by atoms with van der Waals surface area (Å²) < 4.78 is 0. The number of carbonyl (C=O) groups is 4. The Hall–Kier alpha value is -2.19. The molecule has 3 unspecified atom stereocenters. The number of carboxylic acid groups (broad SMARTS) is 1. The molecule has 0 saturated carbocycles. The molecule has 0 aromatic carbocycles. The Morgan fingerprint density at radius 1 is 1.00 bits per heavy atom. The predicted molar refractivity (Wildman–Crippen MR) is 110 cm³/mol. The van der Waals surface area contributed by atoms with Gasteiger partial charge >= 0.3 is 5.97 Å². The van der Waals surface area contributed by atoms with Crippen LogP contribution in [0.2, 0.25) is 0 Å². The third-order valence-corrected chi connectivity index (χ3v) is 4.09. The lowest BCUT2D eigenvalue weighted by Gasteiger charge is -2.19. The summed E-state index contributed by atoms with van der Waals surface area (Å²) in [5.41, 5.74) is 16.1. The number of hydrogen-bond donors (Lipinski definition) is 9. The third kappa shape index (κ3) is 10.8. The number of rotatable bonds is 13. The maximum atomic E-state index is 12.1. The van der Waals surface area contributed by atoms with E-state index in [0.29, 0.717) is 19.4 Å². The van der Waals surface area contributed by atoms with Crippen molar-refractivity contribution in [3.63, 3.8) is 0 Å². The number of aliphatic carboxylic acids is 1. The molecule has 3 amide bonds. The molecule has 0 aliphatic rings. The quantitative estimate of drug-likeness (QED) is 0.0605. The Labute approximate surface area is 173 Å². The molecule has 0 fully saturated rings. The van der Waals surface area contributed by atoms with Gasteiger partial charge in [-0.05, 0) is 12.8 Å². The lowest BCUT2D eigenvalue weighted by atomic mass is 10.1. The maximum Gasteiger partial charge on any atom is 0.327 e. The van der Waals surface area contributed by atoms with E-state index in [1.54, 1.807) is 0 Å². The highest BCUT2D eigenvalue weighted by molar-refractivity contribution is 7.80. The number of amides is 3. The zero-order chi connectivity index (χ0) is 21.7. The fourth-order valence-electron chi connectivity index (χ4n) is 1.84. The number of aliphatic imine (C=N–C) groups is 1. The smallest absolute Gasteiger partial charge is 0.327 e. The minimum Gasteiger partial charge on any atom is -0.480 e. The second kappa shape index (κ2) is 13.9. The Kier molecular flexibility index (Phi) is 12.8. The normalized spacial score (nSPS) is 13.5. The largest absolute Gasteiger partial charge is 0.480 e. The first-order valence-corrected chi connectivity index (χ1v) is 9.51. The monoisotopic (exact) mass is 437 g/mol. The number of thiol groups is 2. The van der Waals surface area contributed by atoms with E-state index >= 15 is 0 Å². The van der Waals surface area contributed by atoms with E-state index in [-0.39, 0.29) is 17.5 Å². The number of guanidine groups is 1. The third-order valence-electron chi connectivity index (χ3n) is 3.36. The second-order valence-electron chi connectivity index (χ2n) is 5.66. The van der Waals surface area contributed by atoms with E-state index in [0.717, 1.165) is 0 Å². The van der Waals surface area contributed by atoms with Crippen molar-refractivity contribution >= 4 is 54.9 Å². The number of carbonyl (C=O) groups excluding carboxylic acids is 3. The molecule has 0 heterocycles. The summed E-state index contributed by atoms with van der Waals surface area (Å²) in [7, 11) is 0. The molecular weight excluding hydrogens is 410 g/mol. The molecule has 0 aliphatic carbocycles. The highest BCUT2D eigenvalue weighted by atomic mass is 32.1. The van der Waals surface area contributed by atoms with E-state index in [4.69, 9.17) is 22.3 Å². The summed E-state index contributed by atoms with van der Waals surface area (Å²) in [5.74, 6) is -3.38. The topological polar surface area (TPSA) is 215 Å². The molecule has 0 saturated heterocycles. The molecular formula is C14H27N7O5S2. The van der Waals surface area contributed by atoms with Gasteiger partial charge in [0.15, 0.2) is 5.96 Å². The zero-order valence-electron chi connectivity index (χ0n) is 15.1. The van der Waals surface area contributed by atoms with Crippen molar-refractivity contribution in [2.75, 3.05) is 24.6 Å². The van der Waals surface area contributed by atoms with Gasteiger partial charge in [-0.3, -0.25) is 19.4 Å². The van der Waals surface area contributed by atoms with Crippen LogP contribution in [0.15, 0.2) is 4.99 Å². The highest BCUT2D eigenvalue weighted by Gasteiger charge is 2.23. The highest BCUT2D eigenvalue weighted by Crippen LogP contribution is 1.98. The minimum absolute atomic E-state index is 0.0334. The molecule has 0 radical (unpaired) electrons. The lowest BCUT2D eigenvalue weighted by Crippen LogP contribution is -2.54. The predicted octanol–water partition coefficient (Wildman–Crippen LogP) is -3.60. The van der Waals surface area contributed by atoms with Crippen LogP contribution in [0.4, 0.5) is 0 Å². The number of nitrogens with two attached hydrogens (primary N) is 3. The number of nitrogens with zero attached hydrogens (tertiary/aromatic N) is 1. The SMILES string of the molecule is NC(N)=NCCCC(N)C(=O)NC(CS)C(=O)NCC(=O)NC(CS)C(=O)O. The van der Waals surface area contributed by atoms with Crippen molar-refractivity contribution in [2.45, 2.75) is 31.0 Å². The average molecular weight is 438 g/mol. The van der Waals surface area contributed by atoms with Crippen LogP contribution in [0.5, 0.6) is 0 Å². The average Bonchev–Trinajstić information content (AvgIpc) is 2.64. The van der Waals surface area contributed by atoms with Crippen LogP contribution < -0.4 is 33.2 Å². The first-order valence-electron chi connectivity index (χ1n) is 8.25. The van der Waals surface area contributed by atoms with Gasteiger partial charge in [-0.1, -0.05) is 0 Å². The molecule has 10 N–H and O–H groups in total. The molecule has 14 heteroatoms. The maximum absolute atomic E-state index is 12.1. The van der Waals surface area contributed by atoms with Crippen molar-refractivity contribution in [1.29, 1.82) is 0 Å². The summed E-state index contributed by atoms with van der Waals surface area (Å²) in [6, 6.07) is -3.07. The number of carboxylic acids is 1. The van der Waals surface area contributed by atoms with Crippen molar-refractivity contribution in [1.82, 2.24) is 16.0 Å². The summed E-state index contributed by atoms with van der Waals surface area (Å²) in [4.78, 5) is 50.4. The molecule has 160 valence electrons. The van der Waals surface area contributed by atoms with Crippen LogP contribution in [-0.4, -0.2) is 77.5 Å². The van der Waals surface area contributed by atoms with Gasteiger partial charge in [0.2, 0.25) is 17.7 Å². The van der Waals surface area contributed by atoms with Gasteiger partial charge in [-0.25, -0.2) is 4.79 Å². The summed E-state index contributed by atoms with van der Waals surface area (Å²) in [6.07, 6.45) is 0.770. The van der Waals surface area contributed by atoms with Crippen LogP contribution in [-0.2, 0) is 19.2 Å². The van der Waals surface area contributed by atoms with Crippen molar-refractivity contribution in [2.24, 2.45) is 22.2 Å². The summed E-state index contributed by atoms with van der Waals surface area (Å²) in [6.45, 7) is -0.153. The van der Waals surface area contributed by atoms with Crippen LogP contribution >= 0.6 is 25.3 Å². The number of nitrogens with one attached hydrogen (secondary N) is 3. The van der Waals surface area contributed by atoms with E-state index in [2.05, 4.69) is 46.2 Å². The Bertz CT molecular complexity index is 586. The molecule has 0 rings (SSSR count). The molecule has 3 atom stereocenters. The van der Waals surface area contributed by atoms with E-state index < -0.39 is 48.4 Å². The Morgan fingerprint density at radius 2 is 1.61 bits per heavy atom. The van der Waals surface area contributed by atoms with Gasteiger partial charge in [0, 0.05) is 18.1 Å². The first-order chi connectivity index (χ1) is 13.1. The first kappa shape index (κ1) is 25.8. The van der Waals surface area contributed by atoms with Crippen molar-refractivity contribution in [3.8, 4) is 0 Å². The fourth-order valence-corrected chi connectivity index (χ4v) is 2.35. The van der Waals surface area contributed by atoms with Crippen molar-refractivity contribution in [3.05, 3.63) is 0 Å².